The second-order valence-electron chi connectivity index (χ2n) is 5.29. The van der Waals surface area contributed by atoms with Gasteiger partial charge in [0.15, 0.2) is 0 Å². The highest BCUT2D eigenvalue weighted by Crippen LogP contribution is 2.40. The van der Waals surface area contributed by atoms with E-state index in [1.54, 1.807) is 0 Å². The number of benzene rings is 1. The maximum absolute atomic E-state index is 4.36. The predicted octanol–water partition coefficient (Wildman–Crippen LogP) is 2.94. The molecule has 1 N–H and O–H groups in total. The number of aromatic nitrogens is 2. The molecule has 0 aliphatic heterocycles. The summed E-state index contributed by atoms with van der Waals surface area (Å²) in [6.07, 6.45) is 4.28. The van der Waals surface area contributed by atoms with E-state index in [2.05, 4.69) is 58.4 Å². The third-order valence-electron chi connectivity index (χ3n) is 3.80. The van der Waals surface area contributed by atoms with Gasteiger partial charge in [0.25, 0.3) is 0 Å². The van der Waals surface area contributed by atoms with Gasteiger partial charge in [0.05, 0.1) is 5.69 Å². The molecule has 2 unspecified atom stereocenters. The van der Waals surface area contributed by atoms with E-state index in [1.165, 1.54) is 17.7 Å². The molecule has 1 aliphatic rings. The van der Waals surface area contributed by atoms with Crippen LogP contribution in [0.25, 0.3) is 0 Å². The molecule has 3 rings (SSSR count). The molecule has 2 aromatic rings. The quantitative estimate of drug-likeness (QED) is 0.860. The highest BCUT2D eigenvalue weighted by atomic mass is 15.3. The minimum atomic E-state index is 0.632. The molecule has 3 heteroatoms. The number of hydrogen-bond donors (Lipinski definition) is 1. The maximum Gasteiger partial charge on any atom is 0.0522 e. The average molecular weight is 255 g/mol. The molecule has 0 spiro atoms. The Morgan fingerprint density at radius 2 is 2.11 bits per heavy atom. The van der Waals surface area contributed by atoms with Crippen LogP contribution in [0.5, 0.6) is 0 Å². The monoisotopic (exact) mass is 255 g/mol. The lowest BCUT2D eigenvalue weighted by Gasteiger charge is -2.07. The highest BCUT2D eigenvalue weighted by Gasteiger charge is 2.37. The Kier molecular flexibility index (Phi) is 3.65. The van der Waals surface area contributed by atoms with Crippen LogP contribution in [-0.2, 0) is 13.1 Å². The molecule has 3 nitrogen and oxygen atoms in total. The Balaban J connectivity index is 1.53. The summed E-state index contributed by atoms with van der Waals surface area (Å²) in [6, 6.07) is 13.5. The van der Waals surface area contributed by atoms with Crippen LogP contribution in [0.2, 0.25) is 0 Å². The molecule has 100 valence electrons. The van der Waals surface area contributed by atoms with Crippen molar-refractivity contribution in [1.82, 2.24) is 15.1 Å². The van der Waals surface area contributed by atoms with Crippen molar-refractivity contribution in [1.29, 1.82) is 0 Å². The standard InChI is InChI=1S/C16H21N3/c1-2-10-19-14(8-9-18-19)12-17-16-11-15(16)13-6-4-3-5-7-13/h3-9,15-17H,2,10-12H2,1H3. The van der Waals surface area contributed by atoms with Gasteiger partial charge in [0, 0.05) is 31.2 Å². The number of rotatable bonds is 6. The van der Waals surface area contributed by atoms with Gasteiger partial charge in [-0.3, -0.25) is 4.68 Å². The van der Waals surface area contributed by atoms with Crippen molar-refractivity contribution in [2.45, 2.75) is 44.8 Å². The molecular formula is C16H21N3. The summed E-state index contributed by atoms with van der Waals surface area (Å²) in [5.41, 5.74) is 2.75. The summed E-state index contributed by atoms with van der Waals surface area (Å²) in [5.74, 6) is 0.698. The van der Waals surface area contributed by atoms with E-state index >= 15 is 0 Å². The van der Waals surface area contributed by atoms with Gasteiger partial charge in [0.1, 0.15) is 0 Å². The molecule has 0 saturated heterocycles. The Bertz CT molecular complexity index is 518. The van der Waals surface area contributed by atoms with E-state index in [4.69, 9.17) is 0 Å². The largest absolute Gasteiger partial charge is 0.308 e. The summed E-state index contributed by atoms with van der Waals surface area (Å²) < 4.78 is 2.10. The third kappa shape index (κ3) is 2.87. The van der Waals surface area contributed by atoms with Gasteiger partial charge >= 0.3 is 0 Å². The Morgan fingerprint density at radius 1 is 1.26 bits per heavy atom. The summed E-state index contributed by atoms with van der Waals surface area (Å²) in [5, 5.41) is 8.00. The van der Waals surface area contributed by atoms with E-state index in [0.29, 0.717) is 12.0 Å². The van der Waals surface area contributed by atoms with Crippen molar-refractivity contribution < 1.29 is 0 Å². The van der Waals surface area contributed by atoms with Crippen molar-refractivity contribution in [3.05, 3.63) is 53.9 Å². The van der Waals surface area contributed by atoms with Gasteiger partial charge in [-0.2, -0.15) is 5.10 Å². The zero-order valence-electron chi connectivity index (χ0n) is 11.4. The van der Waals surface area contributed by atoms with Gasteiger partial charge < -0.3 is 5.32 Å². The van der Waals surface area contributed by atoms with Crippen LogP contribution >= 0.6 is 0 Å². The van der Waals surface area contributed by atoms with Crippen LogP contribution in [0.3, 0.4) is 0 Å². The van der Waals surface area contributed by atoms with Crippen molar-refractivity contribution in [3.63, 3.8) is 0 Å². The van der Waals surface area contributed by atoms with Crippen molar-refractivity contribution in [3.8, 4) is 0 Å². The molecule has 2 atom stereocenters. The van der Waals surface area contributed by atoms with Gasteiger partial charge in [-0.1, -0.05) is 37.3 Å². The fourth-order valence-electron chi connectivity index (χ4n) is 2.65. The van der Waals surface area contributed by atoms with Crippen molar-refractivity contribution in [2.75, 3.05) is 0 Å². The minimum Gasteiger partial charge on any atom is -0.308 e. The topological polar surface area (TPSA) is 29.9 Å². The Hall–Kier alpha value is -1.61. The van der Waals surface area contributed by atoms with E-state index in [9.17, 15) is 0 Å². The second-order valence-corrected chi connectivity index (χ2v) is 5.29. The molecule has 1 saturated carbocycles. The van der Waals surface area contributed by atoms with Crippen LogP contribution < -0.4 is 5.32 Å². The third-order valence-corrected chi connectivity index (χ3v) is 3.80. The fourth-order valence-corrected chi connectivity index (χ4v) is 2.65. The molecule has 1 aromatic carbocycles. The first-order chi connectivity index (χ1) is 9.38. The average Bonchev–Trinajstić information content (AvgIpc) is 3.10. The molecule has 1 fully saturated rings. The molecule has 1 aliphatic carbocycles. The molecular weight excluding hydrogens is 234 g/mol. The number of nitrogens with one attached hydrogen (secondary N) is 1. The highest BCUT2D eigenvalue weighted by molar-refractivity contribution is 5.27. The first-order valence-electron chi connectivity index (χ1n) is 7.17. The summed E-state index contributed by atoms with van der Waals surface area (Å²) in [7, 11) is 0. The molecule has 19 heavy (non-hydrogen) atoms. The number of aryl methyl sites for hydroxylation is 1. The van der Waals surface area contributed by atoms with Crippen molar-refractivity contribution >= 4 is 0 Å². The van der Waals surface area contributed by atoms with Gasteiger partial charge in [-0.15, -0.1) is 0 Å². The summed E-state index contributed by atoms with van der Waals surface area (Å²) >= 11 is 0. The maximum atomic E-state index is 4.36. The van der Waals surface area contributed by atoms with Crippen LogP contribution in [0.1, 0.15) is 36.9 Å². The van der Waals surface area contributed by atoms with Gasteiger partial charge in [-0.25, -0.2) is 0 Å². The Morgan fingerprint density at radius 3 is 2.89 bits per heavy atom. The molecule has 0 radical (unpaired) electrons. The number of hydrogen-bond acceptors (Lipinski definition) is 2. The predicted molar refractivity (Wildman–Crippen MR) is 76.9 cm³/mol. The lowest BCUT2D eigenvalue weighted by Crippen LogP contribution is -2.20. The zero-order valence-corrected chi connectivity index (χ0v) is 11.4. The lowest BCUT2D eigenvalue weighted by atomic mass is 10.1. The van der Waals surface area contributed by atoms with Crippen LogP contribution in [-0.4, -0.2) is 15.8 Å². The minimum absolute atomic E-state index is 0.632. The van der Waals surface area contributed by atoms with E-state index in [1.807, 2.05) is 6.20 Å². The van der Waals surface area contributed by atoms with Gasteiger partial charge in [-0.05, 0) is 24.5 Å². The first kappa shape index (κ1) is 12.4. The fraction of sp³-hybridized carbons (Fsp3) is 0.438. The SMILES string of the molecule is CCCn1nccc1CNC1CC1c1ccccc1. The molecule has 0 amide bonds. The Labute approximate surface area is 114 Å². The van der Waals surface area contributed by atoms with E-state index in [0.717, 1.165) is 19.5 Å². The van der Waals surface area contributed by atoms with Crippen LogP contribution in [0.15, 0.2) is 42.6 Å². The van der Waals surface area contributed by atoms with Crippen molar-refractivity contribution in [2.24, 2.45) is 0 Å². The van der Waals surface area contributed by atoms with Crippen LogP contribution in [0, 0.1) is 0 Å². The summed E-state index contributed by atoms with van der Waals surface area (Å²) in [4.78, 5) is 0. The molecule has 1 aromatic heterocycles. The smallest absolute Gasteiger partial charge is 0.0522 e. The van der Waals surface area contributed by atoms with Crippen LogP contribution in [0.4, 0.5) is 0 Å². The summed E-state index contributed by atoms with van der Waals surface area (Å²) in [6.45, 7) is 4.12. The number of nitrogens with zero attached hydrogens (tertiary/aromatic N) is 2. The molecule has 0 bridgehead atoms. The molecule has 1 heterocycles. The second kappa shape index (κ2) is 5.57. The normalized spacial score (nSPS) is 21.5. The zero-order chi connectivity index (χ0) is 13.1. The lowest BCUT2D eigenvalue weighted by molar-refractivity contribution is 0.546. The first-order valence-corrected chi connectivity index (χ1v) is 7.17. The van der Waals surface area contributed by atoms with E-state index in [-0.39, 0.29) is 0 Å². The van der Waals surface area contributed by atoms with E-state index < -0.39 is 0 Å². The van der Waals surface area contributed by atoms with Gasteiger partial charge in [0.2, 0.25) is 0 Å².